The molecule has 1 N–H and O–H groups in total. The van der Waals surface area contributed by atoms with Gasteiger partial charge in [-0.1, -0.05) is 13.0 Å². The quantitative estimate of drug-likeness (QED) is 0.877. The Balaban J connectivity index is 2.08. The first-order chi connectivity index (χ1) is 9.88. The third-order valence-electron chi connectivity index (χ3n) is 3.69. The molecule has 1 aromatic rings. The van der Waals surface area contributed by atoms with E-state index in [1.807, 2.05) is 6.92 Å². The largest absolute Gasteiger partial charge is 0.481 e. The Morgan fingerprint density at radius 1 is 1.33 bits per heavy atom. The van der Waals surface area contributed by atoms with Gasteiger partial charge in [0.05, 0.1) is 6.42 Å². The Morgan fingerprint density at radius 2 is 2.00 bits per heavy atom. The lowest BCUT2D eigenvalue weighted by Crippen LogP contribution is -2.34. The fraction of sp³-hybridized carbons (Fsp3) is 0.467. The minimum absolute atomic E-state index is 0.0659. The first-order valence-electron chi connectivity index (χ1n) is 6.83. The van der Waals surface area contributed by atoms with Crippen molar-refractivity contribution in [3.8, 4) is 0 Å². The van der Waals surface area contributed by atoms with Crippen molar-refractivity contribution in [1.29, 1.82) is 0 Å². The molecule has 2 atom stereocenters. The second-order valence-corrected chi connectivity index (χ2v) is 5.47. The molecule has 21 heavy (non-hydrogen) atoms. The van der Waals surface area contributed by atoms with Crippen LogP contribution in [-0.2, 0) is 16.1 Å². The van der Waals surface area contributed by atoms with E-state index in [9.17, 15) is 18.4 Å². The van der Waals surface area contributed by atoms with Gasteiger partial charge in [0, 0.05) is 19.0 Å². The maximum atomic E-state index is 13.2. The zero-order valence-electron chi connectivity index (χ0n) is 11.7. The van der Waals surface area contributed by atoms with Gasteiger partial charge in [-0.05, 0) is 30.0 Å². The van der Waals surface area contributed by atoms with Crippen molar-refractivity contribution >= 4 is 11.9 Å². The molecule has 0 spiro atoms. The first-order valence-corrected chi connectivity index (χ1v) is 6.83. The number of carboxylic acids is 1. The third kappa shape index (κ3) is 4.00. The molecule has 114 valence electrons. The predicted molar refractivity (Wildman–Crippen MR) is 71.3 cm³/mol. The van der Waals surface area contributed by atoms with Crippen molar-refractivity contribution in [3.63, 3.8) is 0 Å². The normalized spacial score (nSPS) is 20.1. The highest BCUT2D eigenvalue weighted by Crippen LogP contribution is 2.39. The summed E-state index contributed by atoms with van der Waals surface area (Å²) in [4.78, 5) is 24.3. The highest BCUT2D eigenvalue weighted by atomic mass is 19.2. The smallest absolute Gasteiger partial charge is 0.305 e. The van der Waals surface area contributed by atoms with Crippen molar-refractivity contribution in [2.24, 2.45) is 11.8 Å². The number of halogens is 2. The minimum atomic E-state index is -0.998. The summed E-state index contributed by atoms with van der Waals surface area (Å²) in [7, 11) is 0. The molecule has 0 radical (unpaired) electrons. The average Bonchev–Trinajstić information content (AvgIpc) is 3.14. The number of carboxylic acid groups (broad SMARTS) is 1. The minimum Gasteiger partial charge on any atom is -0.481 e. The van der Waals surface area contributed by atoms with Gasteiger partial charge in [-0.2, -0.15) is 0 Å². The second-order valence-electron chi connectivity index (χ2n) is 5.47. The molecule has 0 aromatic heterocycles. The van der Waals surface area contributed by atoms with Crippen LogP contribution in [-0.4, -0.2) is 28.4 Å². The van der Waals surface area contributed by atoms with Gasteiger partial charge in [-0.15, -0.1) is 0 Å². The van der Waals surface area contributed by atoms with Crippen LogP contribution in [0.3, 0.4) is 0 Å². The Kier molecular flexibility index (Phi) is 4.55. The first kappa shape index (κ1) is 15.4. The van der Waals surface area contributed by atoms with Crippen LogP contribution >= 0.6 is 0 Å². The van der Waals surface area contributed by atoms with Gasteiger partial charge in [0.2, 0.25) is 5.91 Å². The van der Waals surface area contributed by atoms with Gasteiger partial charge in [-0.25, -0.2) is 8.78 Å². The number of carbonyl (C=O) groups is 2. The summed E-state index contributed by atoms with van der Waals surface area (Å²) >= 11 is 0. The Labute approximate surface area is 121 Å². The number of hydrogen-bond donors (Lipinski definition) is 1. The molecular weight excluding hydrogens is 280 g/mol. The van der Waals surface area contributed by atoms with Crippen LogP contribution in [0.15, 0.2) is 18.2 Å². The summed E-state index contributed by atoms with van der Waals surface area (Å²) in [5.41, 5.74) is 0.445. The SMILES string of the molecule is CC1CC1C(=O)N(CCC(=O)O)Cc1ccc(F)c(F)c1. The molecule has 1 saturated carbocycles. The molecule has 0 saturated heterocycles. The fourth-order valence-corrected chi connectivity index (χ4v) is 2.26. The van der Waals surface area contributed by atoms with Crippen molar-refractivity contribution in [3.05, 3.63) is 35.4 Å². The Bertz CT molecular complexity index is 562. The van der Waals surface area contributed by atoms with Crippen LogP contribution in [0.25, 0.3) is 0 Å². The lowest BCUT2D eigenvalue weighted by molar-refractivity contribution is -0.139. The van der Waals surface area contributed by atoms with Crippen molar-refractivity contribution in [1.82, 2.24) is 4.90 Å². The van der Waals surface area contributed by atoms with Crippen LogP contribution in [0.5, 0.6) is 0 Å². The van der Waals surface area contributed by atoms with E-state index in [1.54, 1.807) is 0 Å². The van der Waals surface area contributed by atoms with Crippen LogP contribution in [0.4, 0.5) is 8.78 Å². The van der Waals surface area contributed by atoms with E-state index in [2.05, 4.69) is 0 Å². The zero-order chi connectivity index (χ0) is 15.6. The lowest BCUT2D eigenvalue weighted by atomic mass is 10.1. The third-order valence-corrected chi connectivity index (χ3v) is 3.69. The molecule has 2 rings (SSSR count). The standard InChI is InChI=1S/C15H17F2NO3/c1-9-6-11(9)15(21)18(5-4-14(19)20)8-10-2-3-12(16)13(17)7-10/h2-3,7,9,11H,4-6,8H2,1H3,(H,19,20). The number of amides is 1. The van der Waals surface area contributed by atoms with Crippen LogP contribution in [0, 0.1) is 23.5 Å². The molecule has 2 unspecified atom stereocenters. The van der Waals surface area contributed by atoms with Crippen molar-refractivity contribution in [2.45, 2.75) is 26.3 Å². The molecule has 1 amide bonds. The molecule has 6 heteroatoms. The number of carbonyl (C=O) groups excluding carboxylic acids is 1. The Morgan fingerprint density at radius 3 is 2.52 bits per heavy atom. The molecular formula is C15H17F2NO3. The van der Waals surface area contributed by atoms with E-state index >= 15 is 0 Å². The number of benzene rings is 1. The number of hydrogen-bond acceptors (Lipinski definition) is 2. The zero-order valence-corrected chi connectivity index (χ0v) is 11.7. The van der Waals surface area contributed by atoms with Crippen LogP contribution < -0.4 is 0 Å². The van der Waals surface area contributed by atoms with E-state index in [4.69, 9.17) is 5.11 Å². The number of rotatable bonds is 6. The van der Waals surface area contributed by atoms with Crippen LogP contribution in [0.1, 0.15) is 25.3 Å². The monoisotopic (exact) mass is 297 g/mol. The lowest BCUT2D eigenvalue weighted by Gasteiger charge is -2.22. The average molecular weight is 297 g/mol. The molecule has 0 heterocycles. The van der Waals surface area contributed by atoms with Crippen molar-refractivity contribution < 1.29 is 23.5 Å². The van der Waals surface area contributed by atoms with Gasteiger partial charge in [-0.3, -0.25) is 9.59 Å². The Hall–Kier alpha value is -1.98. The maximum Gasteiger partial charge on any atom is 0.305 e. The fourth-order valence-electron chi connectivity index (χ4n) is 2.26. The molecule has 1 aliphatic carbocycles. The van der Waals surface area contributed by atoms with Gasteiger partial charge in [0.25, 0.3) is 0 Å². The van der Waals surface area contributed by atoms with Gasteiger partial charge in [0.15, 0.2) is 11.6 Å². The molecule has 4 nitrogen and oxygen atoms in total. The van der Waals surface area contributed by atoms with Gasteiger partial charge >= 0.3 is 5.97 Å². The van der Waals surface area contributed by atoms with Gasteiger partial charge < -0.3 is 10.0 Å². The number of nitrogens with zero attached hydrogens (tertiary/aromatic N) is 1. The molecule has 1 aliphatic rings. The maximum absolute atomic E-state index is 13.2. The van der Waals surface area contributed by atoms with Crippen LogP contribution in [0.2, 0.25) is 0 Å². The number of aliphatic carboxylic acids is 1. The molecule has 0 bridgehead atoms. The summed E-state index contributed by atoms with van der Waals surface area (Å²) in [5.74, 6) is -2.81. The topological polar surface area (TPSA) is 57.6 Å². The van der Waals surface area contributed by atoms with E-state index in [0.29, 0.717) is 11.5 Å². The van der Waals surface area contributed by atoms with E-state index in [-0.39, 0.29) is 31.3 Å². The van der Waals surface area contributed by atoms with E-state index < -0.39 is 17.6 Å². The van der Waals surface area contributed by atoms with Gasteiger partial charge in [0.1, 0.15) is 0 Å². The molecule has 0 aliphatic heterocycles. The highest BCUT2D eigenvalue weighted by molar-refractivity contribution is 5.82. The predicted octanol–water partition coefficient (Wildman–Crippen LogP) is 2.42. The summed E-state index contributed by atoms with van der Waals surface area (Å²) in [6, 6.07) is 3.44. The summed E-state index contributed by atoms with van der Waals surface area (Å²) < 4.78 is 26.1. The second kappa shape index (κ2) is 6.20. The summed E-state index contributed by atoms with van der Waals surface area (Å²) in [6.45, 7) is 2.11. The molecule has 1 aromatic carbocycles. The summed E-state index contributed by atoms with van der Waals surface area (Å²) in [5, 5.41) is 8.75. The molecule has 1 fully saturated rings. The highest BCUT2D eigenvalue weighted by Gasteiger charge is 2.41. The van der Waals surface area contributed by atoms with E-state index in [1.165, 1.54) is 11.0 Å². The van der Waals surface area contributed by atoms with E-state index in [0.717, 1.165) is 18.6 Å². The summed E-state index contributed by atoms with van der Waals surface area (Å²) in [6.07, 6.45) is 0.622. The van der Waals surface area contributed by atoms with Crippen molar-refractivity contribution in [2.75, 3.05) is 6.54 Å².